The largest absolute Gasteiger partial charge is 0.354 e. The van der Waals surface area contributed by atoms with E-state index in [0.29, 0.717) is 24.7 Å². The van der Waals surface area contributed by atoms with E-state index in [4.69, 9.17) is 6.57 Å². The number of halogens is 2. The lowest BCUT2D eigenvalue weighted by molar-refractivity contribution is 0.431. The Labute approximate surface area is 194 Å². The van der Waals surface area contributed by atoms with Crippen LogP contribution in [0.3, 0.4) is 0 Å². The third kappa shape index (κ3) is 3.61. The Morgan fingerprint density at radius 2 is 1.88 bits per heavy atom. The highest BCUT2D eigenvalue weighted by Crippen LogP contribution is 2.30. The van der Waals surface area contributed by atoms with E-state index in [-0.39, 0.29) is 22.9 Å². The second-order valence-electron chi connectivity index (χ2n) is 8.67. The minimum atomic E-state index is -0.942. The topological polar surface area (TPSA) is 60.3 Å². The van der Waals surface area contributed by atoms with Crippen molar-refractivity contribution in [2.24, 2.45) is 13.0 Å². The molecule has 1 aliphatic rings. The van der Waals surface area contributed by atoms with Crippen molar-refractivity contribution in [2.75, 3.05) is 18.0 Å². The number of nitrogens with zero attached hydrogens (tertiary/aromatic N) is 6. The van der Waals surface area contributed by atoms with Gasteiger partial charge in [0, 0.05) is 31.1 Å². The zero-order chi connectivity index (χ0) is 24.0. The van der Waals surface area contributed by atoms with Crippen LogP contribution in [0.1, 0.15) is 19.8 Å². The average molecular weight is 460 g/mol. The summed E-state index contributed by atoms with van der Waals surface area (Å²) in [6.45, 7) is 10.4. The first-order chi connectivity index (χ1) is 16.4. The van der Waals surface area contributed by atoms with E-state index >= 15 is 4.39 Å². The summed E-state index contributed by atoms with van der Waals surface area (Å²) >= 11 is 0. The third-order valence-corrected chi connectivity index (χ3v) is 6.41. The number of hydrogen-bond donors (Lipinski definition) is 0. The first kappa shape index (κ1) is 21.8. The van der Waals surface area contributed by atoms with Gasteiger partial charge in [-0.3, -0.25) is 14.0 Å². The quantitative estimate of drug-likeness (QED) is 0.410. The summed E-state index contributed by atoms with van der Waals surface area (Å²) in [5.74, 6) is -1.07. The SMILES string of the molecule is [C-]#[N+]c1ccc(-c2nc(N3CCC(C)CC3)c(F)c(=O)n2-c2ccc3c(cnn3C)c2)cc1F. The molecular formula is C25H22F2N6O. The van der Waals surface area contributed by atoms with E-state index in [1.54, 1.807) is 41.0 Å². The van der Waals surface area contributed by atoms with Gasteiger partial charge >= 0.3 is 0 Å². The van der Waals surface area contributed by atoms with Gasteiger partial charge in [0.2, 0.25) is 11.5 Å². The van der Waals surface area contributed by atoms with Gasteiger partial charge in [-0.2, -0.15) is 9.49 Å². The molecule has 0 amide bonds. The Bertz CT molecular complexity index is 1510. The first-order valence-electron chi connectivity index (χ1n) is 11.0. The fourth-order valence-corrected chi connectivity index (χ4v) is 4.38. The van der Waals surface area contributed by atoms with Crippen molar-refractivity contribution in [1.29, 1.82) is 0 Å². The molecule has 3 heterocycles. The maximum Gasteiger partial charge on any atom is 0.296 e. The molecule has 0 N–H and O–H groups in total. The van der Waals surface area contributed by atoms with Gasteiger partial charge in [-0.15, -0.1) is 0 Å². The molecule has 34 heavy (non-hydrogen) atoms. The molecule has 2 aromatic carbocycles. The van der Waals surface area contributed by atoms with Gasteiger partial charge in [0.05, 0.1) is 24.0 Å². The smallest absolute Gasteiger partial charge is 0.296 e. The van der Waals surface area contributed by atoms with Crippen molar-refractivity contribution in [1.82, 2.24) is 19.3 Å². The number of aryl methyl sites for hydroxylation is 1. The molecule has 9 heteroatoms. The summed E-state index contributed by atoms with van der Waals surface area (Å²) in [5, 5.41) is 4.98. The molecule has 0 saturated carbocycles. The zero-order valence-electron chi connectivity index (χ0n) is 18.8. The average Bonchev–Trinajstić information content (AvgIpc) is 3.21. The molecule has 0 aliphatic carbocycles. The van der Waals surface area contributed by atoms with Gasteiger partial charge in [-0.05, 0) is 43.0 Å². The van der Waals surface area contributed by atoms with Crippen molar-refractivity contribution in [2.45, 2.75) is 19.8 Å². The van der Waals surface area contributed by atoms with Gasteiger partial charge in [0.25, 0.3) is 5.56 Å². The highest BCUT2D eigenvalue weighted by molar-refractivity contribution is 5.81. The molecule has 0 radical (unpaired) electrons. The minimum absolute atomic E-state index is 0.0275. The van der Waals surface area contributed by atoms with Gasteiger partial charge in [0.15, 0.2) is 5.82 Å². The molecule has 0 spiro atoms. The summed E-state index contributed by atoms with van der Waals surface area (Å²) < 4.78 is 32.9. The van der Waals surface area contributed by atoms with Crippen LogP contribution in [0.15, 0.2) is 47.4 Å². The molecule has 0 atom stereocenters. The van der Waals surface area contributed by atoms with Gasteiger partial charge in [-0.25, -0.2) is 14.2 Å². The number of fused-ring (bicyclic) bond motifs is 1. The predicted molar refractivity (Wildman–Crippen MR) is 126 cm³/mol. The van der Waals surface area contributed by atoms with E-state index in [9.17, 15) is 9.18 Å². The number of hydrogen-bond acceptors (Lipinski definition) is 4. The number of rotatable bonds is 3. The Hall–Kier alpha value is -4.06. The number of piperidine rings is 1. The van der Waals surface area contributed by atoms with Crippen LogP contribution in [0.5, 0.6) is 0 Å². The molecule has 0 bridgehead atoms. The van der Waals surface area contributed by atoms with Crippen LogP contribution in [-0.2, 0) is 7.05 Å². The lowest BCUT2D eigenvalue weighted by atomic mass is 9.99. The van der Waals surface area contributed by atoms with Crippen molar-refractivity contribution in [3.05, 3.63) is 76.0 Å². The standard InChI is InChI=1S/C25H22F2N6O/c1-15-8-10-32(11-9-15)24-22(27)25(34)33(18-5-7-21-17(12-18)14-29-31(21)3)23(30-24)16-4-6-20(28-2)19(26)13-16/h4-7,12-15H,8-11H2,1,3H3. The number of aromatic nitrogens is 4. The molecule has 4 aromatic rings. The van der Waals surface area contributed by atoms with Crippen LogP contribution in [0, 0.1) is 24.1 Å². The summed E-state index contributed by atoms with van der Waals surface area (Å²) in [6.07, 6.45) is 3.39. The van der Waals surface area contributed by atoms with Crippen molar-refractivity contribution in [3.8, 4) is 17.1 Å². The molecule has 172 valence electrons. The maximum absolute atomic E-state index is 15.5. The molecule has 2 aromatic heterocycles. The van der Waals surface area contributed by atoms with E-state index in [1.165, 1.54) is 12.1 Å². The molecule has 5 rings (SSSR count). The Morgan fingerprint density at radius 3 is 2.59 bits per heavy atom. The summed E-state index contributed by atoms with van der Waals surface area (Å²) in [7, 11) is 1.80. The third-order valence-electron chi connectivity index (χ3n) is 6.41. The van der Waals surface area contributed by atoms with Crippen LogP contribution < -0.4 is 10.5 Å². The molecule has 0 unspecified atom stereocenters. The molecule has 1 aliphatic heterocycles. The van der Waals surface area contributed by atoms with Gasteiger partial charge in [0.1, 0.15) is 11.6 Å². The molecule has 1 saturated heterocycles. The van der Waals surface area contributed by atoms with E-state index in [2.05, 4.69) is 21.9 Å². The lowest BCUT2D eigenvalue weighted by Crippen LogP contribution is -2.37. The highest BCUT2D eigenvalue weighted by Gasteiger charge is 2.26. The monoisotopic (exact) mass is 460 g/mol. The minimum Gasteiger partial charge on any atom is -0.354 e. The van der Waals surface area contributed by atoms with Crippen LogP contribution >= 0.6 is 0 Å². The normalized spacial score (nSPS) is 14.5. The van der Waals surface area contributed by atoms with Crippen molar-refractivity contribution >= 4 is 22.4 Å². The number of anilines is 1. The number of benzene rings is 2. The molecule has 1 fully saturated rings. The zero-order valence-corrected chi connectivity index (χ0v) is 18.8. The van der Waals surface area contributed by atoms with Crippen LogP contribution in [-0.4, -0.2) is 32.4 Å². The highest BCUT2D eigenvalue weighted by atomic mass is 19.1. The Kier molecular flexibility index (Phi) is 5.36. The van der Waals surface area contributed by atoms with Crippen molar-refractivity contribution in [3.63, 3.8) is 0 Å². The van der Waals surface area contributed by atoms with Crippen LogP contribution in [0.2, 0.25) is 0 Å². The predicted octanol–water partition coefficient (Wildman–Crippen LogP) is 4.85. The van der Waals surface area contributed by atoms with Gasteiger partial charge in [-0.1, -0.05) is 19.1 Å². The van der Waals surface area contributed by atoms with E-state index in [0.717, 1.165) is 34.4 Å². The summed E-state index contributed by atoms with van der Waals surface area (Å²) in [5.41, 5.74) is 0.511. The Balaban J connectivity index is 1.75. The van der Waals surface area contributed by atoms with Crippen LogP contribution in [0.4, 0.5) is 20.3 Å². The van der Waals surface area contributed by atoms with E-state index < -0.39 is 17.2 Å². The molecular weight excluding hydrogens is 438 g/mol. The van der Waals surface area contributed by atoms with Crippen molar-refractivity contribution < 1.29 is 8.78 Å². The lowest BCUT2D eigenvalue weighted by Gasteiger charge is -2.31. The Morgan fingerprint density at radius 1 is 1.12 bits per heavy atom. The summed E-state index contributed by atoms with van der Waals surface area (Å²) in [4.78, 5) is 22.9. The first-order valence-corrected chi connectivity index (χ1v) is 11.0. The van der Waals surface area contributed by atoms with E-state index in [1.807, 2.05) is 0 Å². The second kappa shape index (κ2) is 8.37. The summed E-state index contributed by atoms with van der Waals surface area (Å²) in [6, 6.07) is 9.21. The second-order valence-corrected chi connectivity index (χ2v) is 8.67. The fourth-order valence-electron chi connectivity index (χ4n) is 4.38. The van der Waals surface area contributed by atoms with Gasteiger partial charge < -0.3 is 4.90 Å². The van der Waals surface area contributed by atoms with Crippen LogP contribution in [0.25, 0.3) is 32.8 Å². The maximum atomic E-state index is 15.5. The molecule has 7 nitrogen and oxygen atoms in total. The fraction of sp³-hybridized carbons (Fsp3) is 0.280.